The van der Waals surface area contributed by atoms with E-state index in [9.17, 15) is 53.2 Å². The number of carbonyl (C=O) groups is 2. The van der Waals surface area contributed by atoms with Gasteiger partial charge in [-0.15, -0.1) is 20.2 Å². The number of rotatable bonds is 21. The third-order valence-corrected chi connectivity index (χ3v) is 7.17. The van der Waals surface area contributed by atoms with Crippen molar-refractivity contribution in [3.63, 3.8) is 0 Å². The molecule has 0 spiro atoms. The average Bonchev–Trinajstić information content (AvgIpc) is 3.25. The standard InChI is InChI=1S/C29H37F3N2O13/c30-29(31,32)19-7-5-8-20(15-19)44-17-21(46-28(39)12-6-9-22(47-34(42)43)18-45-33(40)41)13-14-24-23(25(35)16-26(24)36)10-3-1-2-4-11-27(37)38/h1,3,5,7-8,13-15,21-26,35-36H,2,4,6,9-12,16-18H2,(H,37,38)/b3-1-,14-13+/t21?,22?,23-,24-,25+,26-/m1/s1. The summed E-state index contributed by atoms with van der Waals surface area (Å²) in [7, 11) is 0. The number of allylic oxidation sites excluding steroid dienone is 2. The number of aliphatic carboxylic acids is 1. The lowest BCUT2D eigenvalue weighted by atomic mass is 9.89. The highest BCUT2D eigenvalue weighted by Gasteiger charge is 2.39. The molecule has 1 fully saturated rings. The maximum Gasteiger partial charge on any atom is 0.416 e. The van der Waals surface area contributed by atoms with Crippen LogP contribution in [0, 0.1) is 32.1 Å². The van der Waals surface area contributed by atoms with E-state index in [4.69, 9.17) is 14.6 Å². The van der Waals surface area contributed by atoms with Crippen molar-refractivity contribution < 1.29 is 67.4 Å². The fourth-order valence-corrected chi connectivity index (χ4v) is 4.90. The van der Waals surface area contributed by atoms with Crippen LogP contribution in [0.5, 0.6) is 5.75 Å². The zero-order chi connectivity index (χ0) is 35.0. The highest BCUT2D eigenvalue weighted by molar-refractivity contribution is 5.69. The van der Waals surface area contributed by atoms with Crippen molar-refractivity contribution in [3.05, 3.63) is 74.4 Å². The van der Waals surface area contributed by atoms with Crippen molar-refractivity contribution in [2.75, 3.05) is 13.2 Å². The number of carbonyl (C=O) groups excluding carboxylic acids is 1. The molecule has 1 saturated carbocycles. The van der Waals surface area contributed by atoms with Gasteiger partial charge in [0.15, 0.2) is 6.10 Å². The lowest BCUT2D eigenvalue weighted by Gasteiger charge is -2.21. The van der Waals surface area contributed by atoms with Crippen LogP contribution in [0.2, 0.25) is 0 Å². The summed E-state index contributed by atoms with van der Waals surface area (Å²) in [6.07, 6.45) is -1.80. The maximum atomic E-state index is 13.2. The molecule has 1 aliphatic rings. The van der Waals surface area contributed by atoms with Gasteiger partial charge < -0.3 is 34.5 Å². The van der Waals surface area contributed by atoms with E-state index in [1.165, 1.54) is 18.2 Å². The van der Waals surface area contributed by atoms with Crippen LogP contribution < -0.4 is 4.74 Å². The van der Waals surface area contributed by atoms with Gasteiger partial charge in [-0.3, -0.25) is 9.59 Å². The molecule has 2 rings (SSSR count). The predicted octanol–water partition coefficient (Wildman–Crippen LogP) is 4.07. The lowest BCUT2D eigenvalue weighted by molar-refractivity contribution is -0.790. The minimum absolute atomic E-state index is 0.00635. The molecule has 1 aromatic carbocycles. The number of aliphatic hydroxyl groups excluding tert-OH is 2. The Morgan fingerprint density at radius 1 is 1.04 bits per heavy atom. The first-order chi connectivity index (χ1) is 22.1. The van der Waals surface area contributed by atoms with Gasteiger partial charge in [0.2, 0.25) is 0 Å². The van der Waals surface area contributed by atoms with Crippen molar-refractivity contribution >= 4 is 11.9 Å². The van der Waals surface area contributed by atoms with Crippen LogP contribution in [-0.2, 0) is 30.2 Å². The minimum atomic E-state index is -4.63. The number of halogens is 3. The Balaban J connectivity index is 2.12. The summed E-state index contributed by atoms with van der Waals surface area (Å²) in [6.45, 7) is -1.19. The average molecular weight is 679 g/mol. The molecule has 0 bridgehead atoms. The lowest BCUT2D eigenvalue weighted by Crippen LogP contribution is -2.26. The number of carboxylic acids is 1. The second-order valence-corrected chi connectivity index (χ2v) is 10.7. The van der Waals surface area contributed by atoms with E-state index in [1.54, 1.807) is 12.2 Å². The number of hydrogen-bond donors (Lipinski definition) is 3. The second kappa shape index (κ2) is 19.3. The summed E-state index contributed by atoms with van der Waals surface area (Å²) < 4.78 is 50.4. The van der Waals surface area contributed by atoms with Gasteiger partial charge in [0.1, 0.15) is 25.1 Å². The number of benzene rings is 1. The fraction of sp³-hybridized carbons (Fsp3) is 0.586. The monoisotopic (exact) mass is 678 g/mol. The van der Waals surface area contributed by atoms with Crippen LogP contribution in [0.4, 0.5) is 13.2 Å². The fourth-order valence-electron chi connectivity index (χ4n) is 4.90. The Bertz CT molecular complexity index is 1240. The molecular formula is C29H37F3N2O13. The van der Waals surface area contributed by atoms with Crippen molar-refractivity contribution in [2.24, 2.45) is 11.8 Å². The molecule has 3 N–H and O–H groups in total. The Labute approximate surface area is 266 Å². The SMILES string of the molecule is O=C(O)CCC/C=C\C[C@@H]1[C@@H](/C=C/C(COc2cccc(C(F)(F)F)c2)OC(=O)CCCC(CO[N+](=O)[O-])O[N+](=O)[O-])[C@H](O)C[C@@H]1O. The molecule has 2 unspecified atom stereocenters. The van der Waals surface area contributed by atoms with E-state index < -0.39 is 83.3 Å². The Kier molecular flexibility index (Phi) is 15.9. The van der Waals surface area contributed by atoms with Gasteiger partial charge in [-0.2, -0.15) is 13.2 Å². The molecule has 18 heteroatoms. The Morgan fingerprint density at radius 3 is 2.45 bits per heavy atom. The summed E-state index contributed by atoms with van der Waals surface area (Å²) in [5, 5.41) is 48.6. The van der Waals surface area contributed by atoms with E-state index in [2.05, 4.69) is 9.68 Å². The molecule has 0 amide bonds. The molecule has 0 radical (unpaired) electrons. The molecular weight excluding hydrogens is 641 g/mol. The molecule has 1 aromatic rings. The quantitative estimate of drug-likeness (QED) is 0.0550. The normalized spacial score (nSPS) is 21.0. The van der Waals surface area contributed by atoms with Gasteiger partial charge in [0, 0.05) is 25.2 Å². The highest BCUT2D eigenvalue weighted by Crippen LogP contribution is 2.36. The van der Waals surface area contributed by atoms with Crippen molar-refractivity contribution in [1.82, 2.24) is 0 Å². The predicted molar refractivity (Wildman–Crippen MR) is 153 cm³/mol. The highest BCUT2D eigenvalue weighted by atomic mass is 19.4. The van der Waals surface area contributed by atoms with Crippen molar-refractivity contribution in [2.45, 2.75) is 82.0 Å². The second-order valence-electron chi connectivity index (χ2n) is 10.7. The third kappa shape index (κ3) is 15.1. The van der Waals surface area contributed by atoms with Gasteiger partial charge in [0.25, 0.3) is 10.2 Å². The van der Waals surface area contributed by atoms with Crippen LogP contribution in [0.15, 0.2) is 48.6 Å². The van der Waals surface area contributed by atoms with E-state index in [-0.39, 0.29) is 37.9 Å². The molecule has 262 valence electrons. The molecule has 47 heavy (non-hydrogen) atoms. The minimum Gasteiger partial charge on any atom is -0.489 e. The number of unbranched alkanes of at least 4 members (excludes halogenated alkanes) is 1. The van der Waals surface area contributed by atoms with E-state index in [1.807, 2.05) is 0 Å². The summed E-state index contributed by atoms with van der Waals surface area (Å²) >= 11 is 0. The summed E-state index contributed by atoms with van der Waals surface area (Å²) in [5.41, 5.74) is -0.964. The maximum absolute atomic E-state index is 13.2. The summed E-state index contributed by atoms with van der Waals surface area (Å²) in [6, 6.07) is 4.03. The number of nitrogens with zero attached hydrogens (tertiary/aromatic N) is 2. The Morgan fingerprint density at radius 2 is 1.79 bits per heavy atom. The Hall–Kier alpha value is -4.45. The first-order valence-electron chi connectivity index (χ1n) is 14.6. The number of esters is 1. The molecule has 0 heterocycles. The zero-order valence-electron chi connectivity index (χ0n) is 25.1. The zero-order valence-corrected chi connectivity index (χ0v) is 25.1. The molecule has 0 aromatic heterocycles. The number of aliphatic hydroxyl groups is 2. The van der Waals surface area contributed by atoms with Crippen LogP contribution in [0.25, 0.3) is 0 Å². The first kappa shape index (κ1) is 38.7. The van der Waals surface area contributed by atoms with Crippen LogP contribution in [-0.4, -0.2) is 75.1 Å². The molecule has 0 aliphatic heterocycles. The summed E-state index contributed by atoms with van der Waals surface area (Å²) in [4.78, 5) is 52.8. The number of alkyl halides is 3. The molecule has 6 atom stereocenters. The van der Waals surface area contributed by atoms with Crippen molar-refractivity contribution in [1.29, 1.82) is 0 Å². The van der Waals surface area contributed by atoms with Gasteiger partial charge in [-0.25, -0.2) is 0 Å². The first-order valence-corrected chi connectivity index (χ1v) is 14.6. The topological polar surface area (TPSA) is 218 Å². The molecule has 1 aliphatic carbocycles. The van der Waals surface area contributed by atoms with Gasteiger partial charge in [-0.05, 0) is 62.3 Å². The van der Waals surface area contributed by atoms with Gasteiger partial charge in [-0.1, -0.05) is 24.3 Å². The number of ether oxygens (including phenoxy) is 2. The molecule has 0 saturated heterocycles. The third-order valence-electron chi connectivity index (χ3n) is 7.17. The number of carboxylic acid groups (broad SMARTS) is 1. The largest absolute Gasteiger partial charge is 0.489 e. The van der Waals surface area contributed by atoms with Crippen molar-refractivity contribution in [3.8, 4) is 5.75 Å². The smallest absolute Gasteiger partial charge is 0.416 e. The van der Waals surface area contributed by atoms with Gasteiger partial charge >= 0.3 is 18.1 Å². The molecule has 15 nitrogen and oxygen atoms in total. The van der Waals surface area contributed by atoms with E-state index in [0.29, 0.717) is 19.3 Å². The van der Waals surface area contributed by atoms with E-state index in [0.717, 1.165) is 18.2 Å². The van der Waals surface area contributed by atoms with Crippen LogP contribution in [0.3, 0.4) is 0 Å². The van der Waals surface area contributed by atoms with Gasteiger partial charge in [0.05, 0.1) is 17.8 Å². The number of hydrogen-bond acceptors (Lipinski definition) is 12. The van der Waals surface area contributed by atoms with Crippen LogP contribution in [0.1, 0.15) is 56.9 Å². The van der Waals surface area contributed by atoms with E-state index >= 15 is 0 Å². The summed E-state index contributed by atoms with van der Waals surface area (Å²) in [5.74, 6) is -2.97. The van der Waals surface area contributed by atoms with Crippen LogP contribution >= 0.6 is 0 Å².